The van der Waals surface area contributed by atoms with Crippen molar-refractivity contribution in [2.75, 3.05) is 27.4 Å². The van der Waals surface area contributed by atoms with Crippen molar-refractivity contribution in [1.82, 2.24) is 24.5 Å². The molecule has 4 rings (SSSR count). The summed E-state index contributed by atoms with van der Waals surface area (Å²) in [5.41, 5.74) is 2.27. The van der Waals surface area contributed by atoms with Gasteiger partial charge in [0, 0.05) is 18.2 Å². The summed E-state index contributed by atoms with van der Waals surface area (Å²) in [5, 5.41) is 12.7. The fraction of sp³-hybridized carbons (Fsp3) is 0.227. The molecule has 2 heterocycles. The summed E-state index contributed by atoms with van der Waals surface area (Å²) in [6, 6.07) is 15.6. The molecule has 0 saturated carbocycles. The predicted molar refractivity (Wildman–Crippen MR) is 121 cm³/mol. The molecule has 172 valence electrons. The van der Waals surface area contributed by atoms with Crippen molar-refractivity contribution in [3.05, 3.63) is 60.2 Å². The van der Waals surface area contributed by atoms with Crippen LogP contribution in [0.25, 0.3) is 17.0 Å². The van der Waals surface area contributed by atoms with Gasteiger partial charge in [0.1, 0.15) is 23.0 Å². The zero-order valence-corrected chi connectivity index (χ0v) is 19.2. The summed E-state index contributed by atoms with van der Waals surface area (Å²) in [6.07, 6.45) is 0. The molecule has 0 aliphatic rings. The molecule has 33 heavy (non-hydrogen) atoms. The van der Waals surface area contributed by atoms with E-state index in [4.69, 9.17) is 14.2 Å². The van der Waals surface area contributed by atoms with Crippen molar-refractivity contribution >= 4 is 15.7 Å². The van der Waals surface area contributed by atoms with Gasteiger partial charge in [-0.1, -0.05) is 6.07 Å². The average Bonchev–Trinajstić information content (AvgIpc) is 3.25. The van der Waals surface area contributed by atoms with E-state index in [1.807, 2.05) is 31.2 Å². The number of nitrogens with one attached hydrogen (secondary N) is 1. The minimum atomic E-state index is -3.76. The second kappa shape index (κ2) is 9.43. The van der Waals surface area contributed by atoms with Gasteiger partial charge >= 0.3 is 0 Å². The maximum atomic E-state index is 12.6. The summed E-state index contributed by atoms with van der Waals surface area (Å²) in [4.78, 5) is 0.0729. The third-order valence-corrected chi connectivity index (χ3v) is 6.34. The average molecular weight is 470 g/mol. The van der Waals surface area contributed by atoms with Crippen LogP contribution in [0.2, 0.25) is 0 Å². The van der Waals surface area contributed by atoms with Crippen LogP contribution in [0, 0.1) is 6.92 Å². The van der Waals surface area contributed by atoms with Crippen molar-refractivity contribution < 1.29 is 22.6 Å². The topological polar surface area (TPSA) is 117 Å². The molecule has 0 radical (unpaired) electrons. The Bertz CT molecular complexity index is 1370. The lowest BCUT2D eigenvalue weighted by molar-refractivity contribution is 0.305. The van der Waals surface area contributed by atoms with Crippen molar-refractivity contribution in [3.8, 4) is 28.8 Å². The molecular weight excluding hydrogens is 446 g/mol. The minimum Gasteiger partial charge on any atom is -0.497 e. The molecule has 0 atom stereocenters. The van der Waals surface area contributed by atoms with E-state index in [0.717, 1.165) is 16.9 Å². The zero-order chi connectivity index (χ0) is 23.4. The number of nitrogens with zero attached hydrogens (tertiary/aromatic N) is 4. The SMILES string of the molecule is COc1ccc(-c2nnc3ccc(OCCNS(=O)(=O)c4ccc(C)cc4OC)nn23)cc1. The Balaban J connectivity index is 1.43. The molecule has 2 aromatic heterocycles. The van der Waals surface area contributed by atoms with E-state index >= 15 is 0 Å². The lowest BCUT2D eigenvalue weighted by Crippen LogP contribution is -2.28. The first-order chi connectivity index (χ1) is 15.9. The molecular formula is C22H23N5O5S. The van der Waals surface area contributed by atoms with Crippen LogP contribution in [0.3, 0.4) is 0 Å². The zero-order valence-electron chi connectivity index (χ0n) is 18.3. The molecule has 0 fully saturated rings. The monoisotopic (exact) mass is 469 g/mol. The number of aromatic nitrogens is 4. The maximum absolute atomic E-state index is 12.6. The molecule has 0 aliphatic heterocycles. The Morgan fingerprint density at radius 3 is 2.48 bits per heavy atom. The highest BCUT2D eigenvalue weighted by atomic mass is 32.2. The third-order valence-electron chi connectivity index (χ3n) is 4.84. The Morgan fingerprint density at radius 1 is 0.970 bits per heavy atom. The van der Waals surface area contributed by atoms with E-state index in [0.29, 0.717) is 17.4 Å². The number of benzene rings is 2. The van der Waals surface area contributed by atoms with Gasteiger partial charge in [0.2, 0.25) is 15.9 Å². The van der Waals surface area contributed by atoms with Gasteiger partial charge in [0.15, 0.2) is 11.5 Å². The number of methoxy groups -OCH3 is 2. The van der Waals surface area contributed by atoms with E-state index < -0.39 is 10.0 Å². The largest absolute Gasteiger partial charge is 0.497 e. The summed E-state index contributed by atoms with van der Waals surface area (Å²) < 4.78 is 45.4. The first kappa shape index (κ1) is 22.5. The quantitative estimate of drug-likeness (QED) is 0.372. The number of hydrogen-bond donors (Lipinski definition) is 1. The molecule has 11 heteroatoms. The second-order valence-corrected chi connectivity index (χ2v) is 8.83. The van der Waals surface area contributed by atoms with Crippen LogP contribution in [-0.2, 0) is 10.0 Å². The van der Waals surface area contributed by atoms with Crippen LogP contribution in [0.1, 0.15) is 5.56 Å². The van der Waals surface area contributed by atoms with Gasteiger partial charge in [-0.15, -0.1) is 15.3 Å². The van der Waals surface area contributed by atoms with E-state index in [1.165, 1.54) is 13.2 Å². The lowest BCUT2D eigenvalue weighted by atomic mass is 10.2. The van der Waals surface area contributed by atoms with Crippen molar-refractivity contribution in [2.45, 2.75) is 11.8 Å². The summed E-state index contributed by atoms with van der Waals surface area (Å²) in [5.74, 6) is 1.87. The normalized spacial score (nSPS) is 11.5. The number of ether oxygens (including phenoxy) is 3. The highest BCUT2D eigenvalue weighted by Gasteiger charge is 2.19. The molecule has 0 aliphatic carbocycles. The van der Waals surface area contributed by atoms with Gasteiger partial charge < -0.3 is 14.2 Å². The van der Waals surface area contributed by atoms with Crippen molar-refractivity contribution in [1.29, 1.82) is 0 Å². The fourth-order valence-electron chi connectivity index (χ4n) is 3.18. The van der Waals surface area contributed by atoms with Gasteiger partial charge in [-0.3, -0.25) is 0 Å². The van der Waals surface area contributed by atoms with E-state index in [-0.39, 0.29) is 23.8 Å². The summed E-state index contributed by atoms with van der Waals surface area (Å²) >= 11 is 0. The Morgan fingerprint density at radius 2 is 1.76 bits per heavy atom. The Labute approximate surface area is 191 Å². The molecule has 0 bridgehead atoms. The summed E-state index contributed by atoms with van der Waals surface area (Å²) in [7, 11) is -0.724. The van der Waals surface area contributed by atoms with Crippen LogP contribution in [0.4, 0.5) is 0 Å². The maximum Gasteiger partial charge on any atom is 0.244 e. The molecule has 4 aromatic rings. The van der Waals surface area contributed by atoms with Crippen molar-refractivity contribution in [3.63, 3.8) is 0 Å². The molecule has 0 saturated heterocycles. The second-order valence-electron chi connectivity index (χ2n) is 7.09. The molecule has 10 nitrogen and oxygen atoms in total. The van der Waals surface area contributed by atoms with Crippen LogP contribution in [-0.4, -0.2) is 55.6 Å². The first-order valence-corrected chi connectivity index (χ1v) is 11.5. The fourth-order valence-corrected chi connectivity index (χ4v) is 4.34. The molecule has 0 spiro atoms. The third kappa shape index (κ3) is 4.89. The number of hydrogen-bond acceptors (Lipinski definition) is 8. The van der Waals surface area contributed by atoms with Crippen LogP contribution in [0.5, 0.6) is 17.4 Å². The predicted octanol–water partition coefficient (Wildman–Crippen LogP) is 2.47. The lowest BCUT2D eigenvalue weighted by Gasteiger charge is -2.12. The van der Waals surface area contributed by atoms with Gasteiger partial charge in [0.25, 0.3) is 0 Å². The van der Waals surface area contributed by atoms with E-state index in [9.17, 15) is 8.42 Å². The number of fused-ring (bicyclic) bond motifs is 1. The van der Waals surface area contributed by atoms with Crippen LogP contribution >= 0.6 is 0 Å². The van der Waals surface area contributed by atoms with Gasteiger partial charge in [-0.05, 0) is 55.0 Å². The van der Waals surface area contributed by atoms with Gasteiger partial charge in [-0.2, -0.15) is 4.52 Å². The highest BCUT2D eigenvalue weighted by molar-refractivity contribution is 7.89. The van der Waals surface area contributed by atoms with Gasteiger partial charge in [-0.25, -0.2) is 13.1 Å². The smallest absolute Gasteiger partial charge is 0.244 e. The number of rotatable bonds is 9. The standard InChI is InChI=1S/C22H23N5O5S/c1-15-4-9-19(18(14-15)31-3)33(28,29)23-12-13-32-21-11-10-20-24-25-22(27(20)26-21)16-5-7-17(30-2)8-6-16/h4-11,14,23H,12-13H2,1-3H3. The highest BCUT2D eigenvalue weighted by Crippen LogP contribution is 2.25. The molecule has 0 amide bonds. The van der Waals surface area contributed by atoms with Crippen molar-refractivity contribution in [2.24, 2.45) is 0 Å². The number of sulfonamides is 1. The number of aryl methyl sites for hydroxylation is 1. The molecule has 2 aromatic carbocycles. The summed E-state index contributed by atoms with van der Waals surface area (Å²) in [6.45, 7) is 1.98. The Hall–Kier alpha value is -3.70. The van der Waals surface area contributed by atoms with Crippen LogP contribution < -0.4 is 18.9 Å². The van der Waals surface area contributed by atoms with E-state index in [2.05, 4.69) is 20.0 Å². The van der Waals surface area contributed by atoms with Gasteiger partial charge in [0.05, 0.1) is 14.2 Å². The first-order valence-electron chi connectivity index (χ1n) is 10.1. The molecule has 0 unspecified atom stereocenters. The minimum absolute atomic E-state index is 0.0482. The Kier molecular flexibility index (Phi) is 6.43. The van der Waals surface area contributed by atoms with Crippen LogP contribution in [0.15, 0.2) is 59.5 Å². The molecule has 1 N–H and O–H groups in total. The van der Waals surface area contributed by atoms with E-state index in [1.54, 1.807) is 35.9 Å².